The highest BCUT2D eigenvalue weighted by molar-refractivity contribution is 7.80. The average Bonchev–Trinajstić information content (AvgIpc) is 3.49. The van der Waals surface area contributed by atoms with Crippen LogP contribution in [0.25, 0.3) is 11.3 Å². The number of carbonyl (C=O) groups is 1. The van der Waals surface area contributed by atoms with Crippen molar-refractivity contribution < 1.29 is 9.21 Å². The number of furan rings is 1. The molecule has 1 fully saturated rings. The molecular weight excluding hydrogens is 527 g/mol. The zero-order chi connectivity index (χ0) is 25.9. The molecule has 3 heterocycles. The van der Waals surface area contributed by atoms with Crippen LogP contribution in [0.1, 0.15) is 35.5 Å². The summed E-state index contributed by atoms with van der Waals surface area (Å²) in [5.74, 6) is 1.26. The van der Waals surface area contributed by atoms with Gasteiger partial charge in [-0.2, -0.15) is 0 Å². The first-order valence-corrected chi connectivity index (χ1v) is 13.0. The summed E-state index contributed by atoms with van der Waals surface area (Å²) < 4.78 is 6.32. The van der Waals surface area contributed by atoms with E-state index in [4.69, 9.17) is 39.8 Å². The van der Waals surface area contributed by atoms with E-state index in [0.29, 0.717) is 33.2 Å². The van der Waals surface area contributed by atoms with E-state index in [1.807, 2.05) is 72.5 Å². The predicted molar refractivity (Wildman–Crippen MR) is 151 cm³/mol. The van der Waals surface area contributed by atoms with Crippen LogP contribution in [0.2, 0.25) is 10.0 Å². The first-order chi connectivity index (χ1) is 17.9. The van der Waals surface area contributed by atoms with E-state index in [0.717, 1.165) is 22.5 Å². The highest BCUT2D eigenvalue weighted by Crippen LogP contribution is 2.41. The van der Waals surface area contributed by atoms with Gasteiger partial charge in [-0.25, -0.2) is 0 Å². The van der Waals surface area contributed by atoms with Gasteiger partial charge in [0, 0.05) is 30.4 Å². The van der Waals surface area contributed by atoms with Gasteiger partial charge in [-0.05, 0) is 79.3 Å². The maximum atomic E-state index is 12.8. The standard InChI is InChI=1S/C28H24Cl2N4O2S/c1-17-5-4-6-19(15-17)32-25(35)12-14-34-27(26(33-28(34)37)22-7-2-3-13-31-22)24-11-10-23(36-24)18-8-9-20(29)21(30)16-18/h2-11,13,15-16,26-27H,12,14H2,1H3,(H,32,35)(H,33,37). The normalized spacial score (nSPS) is 17.1. The average molecular weight is 551 g/mol. The lowest BCUT2D eigenvalue weighted by Gasteiger charge is -2.25. The van der Waals surface area contributed by atoms with Gasteiger partial charge >= 0.3 is 0 Å². The number of thiocarbonyl (C=S) groups is 1. The fourth-order valence-electron chi connectivity index (χ4n) is 4.44. The molecule has 1 aliphatic rings. The Kier molecular flexibility index (Phi) is 7.46. The summed E-state index contributed by atoms with van der Waals surface area (Å²) in [7, 11) is 0. The van der Waals surface area contributed by atoms with E-state index in [-0.39, 0.29) is 24.4 Å². The van der Waals surface area contributed by atoms with Crippen LogP contribution >= 0.6 is 35.4 Å². The lowest BCUT2D eigenvalue weighted by molar-refractivity contribution is -0.116. The van der Waals surface area contributed by atoms with Crippen molar-refractivity contribution in [1.82, 2.24) is 15.2 Å². The van der Waals surface area contributed by atoms with E-state index >= 15 is 0 Å². The fourth-order valence-corrected chi connectivity index (χ4v) is 5.07. The lowest BCUT2D eigenvalue weighted by Crippen LogP contribution is -2.32. The van der Waals surface area contributed by atoms with Gasteiger partial charge in [-0.3, -0.25) is 9.78 Å². The molecule has 0 saturated carbocycles. The number of nitrogens with one attached hydrogen (secondary N) is 2. The predicted octanol–water partition coefficient (Wildman–Crippen LogP) is 6.96. The Bertz CT molecular complexity index is 1440. The van der Waals surface area contributed by atoms with Crippen molar-refractivity contribution in [2.75, 3.05) is 11.9 Å². The van der Waals surface area contributed by atoms with Crippen molar-refractivity contribution in [1.29, 1.82) is 0 Å². The Morgan fingerprint density at radius 3 is 2.70 bits per heavy atom. The van der Waals surface area contributed by atoms with Gasteiger partial charge in [-0.15, -0.1) is 0 Å². The molecule has 5 rings (SSSR count). The molecule has 37 heavy (non-hydrogen) atoms. The van der Waals surface area contributed by atoms with Crippen LogP contribution in [0.5, 0.6) is 0 Å². The van der Waals surface area contributed by atoms with Crippen LogP contribution in [0.15, 0.2) is 83.4 Å². The van der Waals surface area contributed by atoms with E-state index in [2.05, 4.69) is 15.6 Å². The minimum atomic E-state index is -0.300. The molecule has 9 heteroatoms. The van der Waals surface area contributed by atoms with Gasteiger partial charge < -0.3 is 20.0 Å². The second kappa shape index (κ2) is 10.9. The molecule has 1 saturated heterocycles. The third-order valence-electron chi connectivity index (χ3n) is 6.20. The molecule has 6 nitrogen and oxygen atoms in total. The summed E-state index contributed by atoms with van der Waals surface area (Å²) >= 11 is 18.0. The number of amides is 1. The summed E-state index contributed by atoms with van der Waals surface area (Å²) in [6, 6.07) is 22.1. The van der Waals surface area contributed by atoms with Crippen LogP contribution < -0.4 is 10.6 Å². The van der Waals surface area contributed by atoms with Crippen LogP contribution in [0.3, 0.4) is 0 Å². The maximum Gasteiger partial charge on any atom is 0.226 e. The zero-order valence-corrected chi connectivity index (χ0v) is 22.3. The second-order valence-corrected chi connectivity index (χ2v) is 10.0. The molecule has 2 aromatic carbocycles. The number of hydrogen-bond donors (Lipinski definition) is 2. The Morgan fingerprint density at radius 1 is 1.08 bits per heavy atom. The molecule has 2 aromatic heterocycles. The summed E-state index contributed by atoms with van der Waals surface area (Å²) in [6.07, 6.45) is 2.00. The van der Waals surface area contributed by atoms with Gasteiger partial charge in [0.05, 0.1) is 21.8 Å². The number of rotatable bonds is 7. The molecule has 4 aromatic rings. The molecule has 1 amide bonds. The number of aromatic nitrogens is 1. The van der Waals surface area contributed by atoms with Gasteiger partial charge in [0.15, 0.2) is 5.11 Å². The number of halogens is 2. The highest BCUT2D eigenvalue weighted by atomic mass is 35.5. The van der Waals surface area contributed by atoms with Crippen LogP contribution in [-0.4, -0.2) is 27.4 Å². The van der Waals surface area contributed by atoms with E-state index in [9.17, 15) is 4.79 Å². The summed E-state index contributed by atoms with van der Waals surface area (Å²) in [4.78, 5) is 19.3. The molecule has 188 valence electrons. The Balaban J connectivity index is 1.40. The van der Waals surface area contributed by atoms with Crippen molar-refractivity contribution >= 4 is 52.1 Å². The van der Waals surface area contributed by atoms with Gasteiger partial charge in [-0.1, -0.05) is 41.4 Å². The number of carbonyl (C=O) groups excluding carboxylic acids is 1. The monoisotopic (exact) mass is 550 g/mol. The molecule has 0 spiro atoms. The Morgan fingerprint density at radius 2 is 1.95 bits per heavy atom. The molecule has 0 aliphatic carbocycles. The van der Waals surface area contributed by atoms with Crippen LogP contribution in [0.4, 0.5) is 5.69 Å². The largest absolute Gasteiger partial charge is 0.459 e. The highest BCUT2D eigenvalue weighted by Gasteiger charge is 2.41. The van der Waals surface area contributed by atoms with E-state index in [1.54, 1.807) is 18.3 Å². The minimum Gasteiger partial charge on any atom is -0.459 e. The molecule has 0 bridgehead atoms. The number of pyridine rings is 1. The fraction of sp³-hybridized carbons (Fsp3) is 0.179. The minimum absolute atomic E-state index is 0.0932. The van der Waals surface area contributed by atoms with Gasteiger partial charge in [0.1, 0.15) is 17.6 Å². The third-order valence-corrected chi connectivity index (χ3v) is 7.29. The van der Waals surface area contributed by atoms with E-state index < -0.39 is 0 Å². The molecular formula is C28H24Cl2N4O2S. The van der Waals surface area contributed by atoms with Gasteiger partial charge in [0.2, 0.25) is 5.91 Å². The summed E-state index contributed by atoms with van der Waals surface area (Å²) in [5.41, 5.74) is 3.49. The maximum absolute atomic E-state index is 12.8. The first kappa shape index (κ1) is 25.3. The lowest BCUT2D eigenvalue weighted by atomic mass is 10.0. The van der Waals surface area contributed by atoms with Crippen molar-refractivity contribution in [3.8, 4) is 11.3 Å². The smallest absolute Gasteiger partial charge is 0.226 e. The molecule has 0 radical (unpaired) electrons. The summed E-state index contributed by atoms with van der Waals surface area (Å²) in [5, 5.41) is 7.82. The molecule has 1 aliphatic heterocycles. The Labute approximate surface area is 230 Å². The molecule has 2 N–H and O–H groups in total. The number of nitrogens with zero attached hydrogens (tertiary/aromatic N) is 2. The first-order valence-electron chi connectivity index (χ1n) is 11.8. The van der Waals surface area contributed by atoms with Crippen molar-refractivity contribution in [2.45, 2.75) is 25.4 Å². The molecule has 2 unspecified atom stereocenters. The second-order valence-electron chi connectivity index (χ2n) is 8.82. The quantitative estimate of drug-likeness (QED) is 0.242. The third kappa shape index (κ3) is 5.64. The number of aryl methyl sites for hydroxylation is 1. The van der Waals surface area contributed by atoms with Crippen LogP contribution in [0, 0.1) is 6.92 Å². The topological polar surface area (TPSA) is 70.4 Å². The SMILES string of the molecule is Cc1cccc(NC(=O)CCN2C(=S)NC(c3ccccn3)C2c2ccc(-c3ccc(Cl)c(Cl)c3)o2)c1. The summed E-state index contributed by atoms with van der Waals surface area (Å²) in [6.45, 7) is 2.39. The molecule has 2 atom stereocenters. The zero-order valence-electron chi connectivity index (χ0n) is 19.9. The van der Waals surface area contributed by atoms with Crippen molar-refractivity contribution in [3.63, 3.8) is 0 Å². The van der Waals surface area contributed by atoms with E-state index in [1.165, 1.54) is 0 Å². The van der Waals surface area contributed by atoms with Crippen molar-refractivity contribution in [2.24, 2.45) is 0 Å². The van der Waals surface area contributed by atoms with Crippen LogP contribution in [-0.2, 0) is 4.79 Å². The van der Waals surface area contributed by atoms with Crippen molar-refractivity contribution in [3.05, 3.63) is 106 Å². The number of hydrogen-bond acceptors (Lipinski definition) is 4. The number of anilines is 1. The number of benzene rings is 2. The van der Waals surface area contributed by atoms with Gasteiger partial charge in [0.25, 0.3) is 0 Å². The Hall–Kier alpha value is -3.39.